The van der Waals surface area contributed by atoms with Gasteiger partial charge in [0.1, 0.15) is 0 Å². The molecule has 0 aliphatic carbocycles. The van der Waals surface area contributed by atoms with Crippen molar-refractivity contribution in [1.29, 1.82) is 0 Å². The van der Waals surface area contributed by atoms with Crippen LogP contribution in [0.15, 0.2) is 46.9 Å². The number of benzene rings is 5. The van der Waals surface area contributed by atoms with Gasteiger partial charge in [0, 0.05) is 38.0 Å². The molecule has 1 heterocycles. The third-order valence-electron chi connectivity index (χ3n) is 10.0. The highest BCUT2D eigenvalue weighted by Gasteiger charge is 2.40. The molecule has 3 amide bonds. The maximum Gasteiger partial charge on any atom is 0.261 e. The summed E-state index contributed by atoms with van der Waals surface area (Å²) in [5.74, 6) is 0.678. The number of primary amides is 1. The van der Waals surface area contributed by atoms with Gasteiger partial charge < -0.3 is 5.73 Å². The van der Waals surface area contributed by atoms with Gasteiger partial charge in [-0.2, -0.15) is 0 Å². The predicted octanol–water partition coefficient (Wildman–Crippen LogP) is 9.35. The zero-order chi connectivity index (χ0) is 31.9. The number of hydrogen-bond donors (Lipinski definition) is 1. The summed E-state index contributed by atoms with van der Waals surface area (Å²) in [5, 5.41) is 7.36. The van der Waals surface area contributed by atoms with Gasteiger partial charge in [-0.15, -0.1) is 0 Å². The molecular weight excluding hydrogens is 612 g/mol. The number of carbonyl (C=O) groups is 3. The molecule has 0 aromatic heterocycles. The van der Waals surface area contributed by atoms with Crippen molar-refractivity contribution in [3.8, 4) is 0 Å². The molecule has 44 heavy (non-hydrogen) atoms. The SMILES string of the molecule is CC(C)C(Cc1cc(Br)c2c3ccc4c5c(ccc(c6ccc(C(N)=O)c1c62)c53)C(=O)N(C(C(C)C)C(C)C)C4=O)C(C)C. The van der Waals surface area contributed by atoms with E-state index in [4.69, 9.17) is 5.73 Å². The van der Waals surface area contributed by atoms with Crippen molar-refractivity contribution in [2.75, 3.05) is 0 Å². The van der Waals surface area contributed by atoms with Crippen molar-refractivity contribution in [2.24, 2.45) is 35.3 Å². The van der Waals surface area contributed by atoms with Crippen LogP contribution in [0, 0.1) is 29.6 Å². The predicted molar refractivity (Wildman–Crippen MR) is 185 cm³/mol. The Morgan fingerprint density at radius 1 is 0.682 bits per heavy atom. The van der Waals surface area contributed by atoms with Crippen molar-refractivity contribution in [1.82, 2.24) is 4.90 Å². The fraction of sp³-hybridized carbons (Fsp3) is 0.395. The van der Waals surface area contributed by atoms with Crippen LogP contribution >= 0.6 is 15.9 Å². The van der Waals surface area contributed by atoms with Crippen LogP contribution in [0.1, 0.15) is 92.0 Å². The van der Waals surface area contributed by atoms with E-state index in [9.17, 15) is 14.4 Å². The number of fused-ring (bicyclic) bond motifs is 2. The summed E-state index contributed by atoms with van der Waals surface area (Å²) in [6.07, 6.45) is 0.820. The van der Waals surface area contributed by atoms with E-state index >= 15 is 0 Å². The first kappa shape index (κ1) is 30.5. The Morgan fingerprint density at radius 2 is 1.20 bits per heavy atom. The van der Waals surface area contributed by atoms with E-state index in [1.54, 1.807) is 0 Å². The molecule has 0 spiro atoms. The van der Waals surface area contributed by atoms with Crippen LogP contribution in [0.2, 0.25) is 0 Å². The van der Waals surface area contributed by atoms with Crippen LogP contribution in [0.5, 0.6) is 0 Å². The van der Waals surface area contributed by atoms with Crippen molar-refractivity contribution >= 4 is 76.7 Å². The van der Waals surface area contributed by atoms with Crippen molar-refractivity contribution in [3.05, 3.63) is 69.2 Å². The second-order valence-electron chi connectivity index (χ2n) is 14.1. The van der Waals surface area contributed by atoms with Crippen LogP contribution in [-0.4, -0.2) is 28.7 Å². The maximum atomic E-state index is 14.1. The second-order valence-corrected chi connectivity index (χ2v) is 14.9. The zero-order valence-electron chi connectivity index (χ0n) is 26.8. The molecule has 0 saturated heterocycles. The number of amides is 3. The van der Waals surface area contributed by atoms with Gasteiger partial charge in [0.25, 0.3) is 11.8 Å². The highest BCUT2D eigenvalue weighted by molar-refractivity contribution is 9.10. The monoisotopic (exact) mass is 652 g/mol. The Labute approximate surface area is 267 Å². The molecule has 2 N–H and O–H groups in total. The normalized spacial score (nSPS) is 14.2. The number of halogens is 1. The lowest BCUT2D eigenvalue weighted by molar-refractivity contribution is 0.0436. The van der Waals surface area contributed by atoms with Gasteiger partial charge in [-0.1, -0.05) is 89.5 Å². The molecule has 5 aromatic carbocycles. The van der Waals surface area contributed by atoms with E-state index in [2.05, 4.69) is 77.4 Å². The Bertz CT molecular complexity index is 1970. The van der Waals surface area contributed by atoms with Gasteiger partial charge in [0.2, 0.25) is 5.91 Å². The van der Waals surface area contributed by atoms with Crippen molar-refractivity contribution in [2.45, 2.75) is 67.9 Å². The topological polar surface area (TPSA) is 80.5 Å². The van der Waals surface area contributed by atoms with Crippen molar-refractivity contribution in [3.63, 3.8) is 0 Å². The highest BCUT2D eigenvalue weighted by Crippen LogP contribution is 2.48. The molecule has 1 aliphatic rings. The Kier molecular flexibility index (Phi) is 7.51. The minimum absolute atomic E-state index is 0.123. The van der Waals surface area contributed by atoms with E-state index < -0.39 is 5.91 Å². The quantitative estimate of drug-likeness (QED) is 0.103. The summed E-state index contributed by atoms with van der Waals surface area (Å²) in [5.41, 5.74) is 8.75. The molecular formula is C38H41BrN2O3. The largest absolute Gasteiger partial charge is 0.366 e. The molecule has 6 heteroatoms. The molecule has 0 bridgehead atoms. The first-order valence-corrected chi connectivity index (χ1v) is 16.6. The lowest BCUT2D eigenvalue weighted by Gasteiger charge is -2.38. The smallest absolute Gasteiger partial charge is 0.261 e. The van der Waals surface area contributed by atoms with Crippen LogP contribution < -0.4 is 5.73 Å². The number of rotatable bonds is 8. The number of carbonyl (C=O) groups excluding carboxylic acids is 3. The molecule has 0 unspecified atom stereocenters. The first-order chi connectivity index (χ1) is 20.8. The van der Waals surface area contributed by atoms with Crippen LogP contribution in [0.25, 0.3) is 43.1 Å². The van der Waals surface area contributed by atoms with E-state index in [-0.39, 0.29) is 29.7 Å². The lowest BCUT2D eigenvalue weighted by Crippen LogP contribution is -2.51. The molecule has 1 aliphatic heterocycles. The van der Waals surface area contributed by atoms with Gasteiger partial charge in [0.05, 0.1) is 0 Å². The molecule has 6 rings (SSSR count). The second kappa shape index (κ2) is 10.8. The van der Waals surface area contributed by atoms with Crippen molar-refractivity contribution < 1.29 is 14.4 Å². The van der Waals surface area contributed by atoms with Crippen LogP contribution in [0.3, 0.4) is 0 Å². The van der Waals surface area contributed by atoms with Gasteiger partial charge in [-0.25, -0.2) is 0 Å². The summed E-state index contributed by atoms with van der Waals surface area (Å²) in [6, 6.07) is 13.6. The zero-order valence-corrected chi connectivity index (χ0v) is 28.4. The van der Waals surface area contributed by atoms with Crippen LogP contribution in [0.4, 0.5) is 0 Å². The third kappa shape index (κ3) is 4.35. The molecule has 0 atom stereocenters. The lowest BCUT2D eigenvalue weighted by atomic mass is 9.78. The average Bonchev–Trinajstić information content (AvgIpc) is 2.95. The number of hydrogen-bond acceptors (Lipinski definition) is 3. The molecule has 228 valence electrons. The fourth-order valence-electron chi connectivity index (χ4n) is 8.24. The standard InChI is InChI=1S/C38H41BrN2O3/c1-17(2)28(18(3)4)15-21-16-29(39)33-24-11-14-27-32-26(37(43)41(38(27)44)35(19(5)6)20(7)8)13-10-22(31(24)32)23-9-12-25(36(40)42)30(21)34(23)33/h9-14,16-20,28,35H,15H2,1-8H3,(H2,40,42). The Hall–Kier alpha value is -3.51. The average molecular weight is 654 g/mol. The van der Waals surface area contributed by atoms with Crippen LogP contribution in [-0.2, 0) is 6.42 Å². The third-order valence-corrected chi connectivity index (χ3v) is 10.7. The molecule has 0 fully saturated rings. The minimum Gasteiger partial charge on any atom is -0.366 e. The first-order valence-electron chi connectivity index (χ1n) is 15.8. The number of nitrogens with zero attached hydrogens (tertiary/aromatic N) is 1. The Balaban J connectivity index is 1.72. The fourth-order valence-corrected chi connectivity index (χ4v) is 8.92. The molecule has 0 radical (unpaired) electrons. The summed E-state index contributed by atoms with van der Waals surface area (Å²) in [6.45, 7) is 17.3. The summed E-state index contributed by atoms with van der Waals surface area (Å²) in [4.78, 5) is 42.6. The number of nitrogens with two attached hydrogens (primary N) is 1. The van der Waals surface area contributed by atoms with E-state index in [0.717, 1.165) is 54.2 Å². The highest BCUT2D eigenvalue weighted by atomic mass is 79.9. The minimum atomic E-state index is -0.450. The van der Waals surface area contributed by atoms with E-state index in [1.807, 2.05) is 36.4 Å². The molecule has 0 saturated carbocycles. The molecule has 5 nitrogen and oxygen atoms in total. The van der Waals surface area contributed by atoms with Gasteiger partial charge in [-0.05, 0) is 98.2 Å². The van der Waals surface area contributed by atoms with Gasteiger partial charge in [-0.3, -0.25) is 19.3 Å². The van der Waals surface area contributed by atoms with E-state index in [0.29, 0.717) is 39.8 Å². The maximum absolute atomic E-state index is 14.1. The van der Waals surface area contributed by atoms with E-state index in [1.165, 1.54) is 4.90 Å². The Morgan fingerprint density at radius 3 is 1.73 bits per heavy atom. The summed E-state index contributed by atoms with van der Waals surface area (Å²) >= 11 is 3.93. The number of imide groups is 1. The van der Waals surface area contributed by atoms with Gasteiger partial charge >= 0.3 is 0 Å². The molecule has 5 aromatic rings. The summed E-state index contributed by atoms with van der Waals surface area (Å²) < 4.78 is 0.926. The van der Waals surface area contributed by atoms with Gasteiger partial charge in [0.15, 0.2) is 0 Å². The summed E-state index contributed by atoms with van der Waals surface area (Å²) in [7, 11) is 0.